The number of aliphatic imine (C=N–C) groups is 1. The molecule has 1 rings (SSSR count). The van der Waals surface area contributed by atoms with Crippen LogP contribution in [-0.4, -0.2) is 16.4 Å². The molecule has 98 valence electrons. The van der Waals surface area contributed by atoms with E-state index in [9.17, 15) is 0 Å². The van der Waals surface area contributed by atoms with Crippen molar-refractivity contribution in [2.45, 2.75) is 41.5 Å². The van der Waals surface area contributed by atoms with Crippen LogP contribution in [0.4, 0.5) is 5.82 Å². The van der Waals surface area contributed by atoms with E-state index in [1.165, 1.54) is 0 Å². The zero-order valence-electron chi connectivity index (χ0n) is 12.2. The molecular weight excluding hydrogens is 228 g/mol. The Morgan fingerprint density at radius 1 is 1.18 bits per heavy atom. The largest absolute Gasteiger partial charge is 0.275 e. The molecule has 0 fully saturated rings. The molecule has 0 bridgehead atoms. The highest BCUT2D eigenvalue weighted by molar-refractivity contribution is 7.97. The monoisotopic (exact) mass is 254 g/mol. The second-order valence-electron chi connectivity index (χ2n) is 2.49. The Morgan fingerprint density at radius 3 is 2.18 bits per heavy atom. The second-order valence-corrected chi connectivity index (χ2v) is 3.25. The molecule has 0 atom stereocenters. The third-order valence-electron chi connectivity index (χ3n) is 1.65. The van der Waals surface area contributed by atoms with E-state index in [-0.39, 0.29) is 0 Å². The van der Waals surface area contributed by atoms with Gasteiger partial charge in [0.15, 0.2) is 0 Å². The fraction of sp³-hybridized carbons (Fsp3) is 0.500. The summed E-state index contributed by atoms with van der Waals surface area (Å²) in [5.74, 6) is 1.01. The lowest BCUT2D eigenvalue weighted by Gasteiger charge is -2.00. The van der Waals surface area contributed by atoms with Crippen LogP contribution in [0.5, 0.6) is 0 Å². The number of rotatable bonds is 3. The van der Waals surface area contributed by atoms with Gasteiger partial charge in [0.25, 0.3) is 0 Å². The molecule has 0 amide bonds. The lowest BCUT2D eigenvalue weighted by atomic mass is 10.3. The Balaban J connectivity index is 0. The van der Waals surface area contributed by atoms with E-state index >= 15 is 0 Å². The zero-order valence-corrected chi connectivity index (χ0v) is 13.0. The summed E-state index contributed by atoms with van der Waals surface area (Å²) in [4.78, 5) is 4.32. The van der Waals surface area contributed by atoms with Crippen LogP contribution in [-0.2, 0) is 0 Å². The fourth-order valence-corrected chi connectivity index (χ4v) is 1.64. The van der Waals surface area contributed by atoms with Crippen LogP contribution in [0.3, 0.4) is 0 Å². The molecule has 0 saturated heterocycles. The molecule has 1 aromatic heterocycles. The summed E-state index contributed by atoms with van der Waals surface area (Å²) >= 11 is 1.65. The normalized spacial score (nSPS) is 9.82. The second kappa shape index (κ2) is 13.1. The van der Waals surface area contributed by atoms with Gasteiger partial charge in [-0.2, -0.15) is 0 Å². The molecule has 0 radical (unpaired) electrons. The molecule has 1 aromatic rings. The van der Waals surface area contributed by atoms with Crippen molar-refractivity contribution >= 4 is 30.1 Å². The average molecular weight is 254 g/mol. The van der Waals surface area contributed by atoms with E-state index in [1.807, 2.05) is 66.3 Å². The molecule has 0 N–H and O–H groups in total. The van der Waals surface area contributed by atoms with Gasteiger partial charge in [0.1, 0.15) is 5.82 Å². The summed E-state index contributed by atoms with van der Waals surface area (Å²) in [7, 11) is 0. The summed E-state index contributed by atoms with van der Waals surface area (Å²) in [5.41, 5.74) is 1.16. The Labute approximate surface area is 111 Å². The van der Waals surface area contributed by atoms with E-state index in [1.54, 1.807) is 11.9 Å². The Hall–Kier alpha value is -0.960. The van der Waals surface area contributed by atoms with Crippen molar-refractivity contribution in [2.24, 2.45) is 4.99 Å². The minimum atomic E-state index is 1.01. The van der Waals surface area contributed by atoms with Crippen molar-refractivity contribution < 1.29 is 0 Å². The van der Waals surface area contributed by atoms with Gasteiger partial charge in [0.05, 0.1) is 0 Å². The van der Waals surface area contributed by atoms with Gasteiger partial charge >= 0.3 is 0 Å². The summed E-state index contributed by atoms with van der Waals surface area (Å²) in [6, 6.07) is 2.07. The maximum atomic E-state index is 4.32. The van der Waals surface area contributed by atoms with Crippen LogP contribution in [0, 0.1) is 0 Å². The van der Waals surface area contributed by atoms with Crippen LogP contribution in [0.1, 0.15) is 47.1 Å². The van der Waals surface area contributed by atoms with Gasteiger partial charge in [0, 0.05) is 24.2 Å². The smallest absolute Gasteiger partial charge is 0.149 e. The third-order valence-corrected chi connectivity index (χ3v) is 2.34. The third kappa shape index (κ3) is 6.37. The lowest BCUT2D eigenvalue weighted by Crippen LogP contribution is -1.81. The van der Waals surface area contributed by atoms with Crippen LogP contribution < -0.4 is 0 Å². The van der Waals surface area contributed by atoms with Crippen LogP contribution >= 0.6 is 11.9 Å². The molecule has 0 unspecified atom stereocenters. The quantitative estimate of drug-likeness (QED) is 0.658. The Morgan fingerprint density at radius 2 is 1.76 bits per heavy atom. The molecule has 0 aliphatic heterocycles. The highest BCUT2D eigenvalue weighted by Crippen LogP contribution is 2.25. The lowest BCUT2D eigenvalue weighted by molar-refractivity contribution is 1.25. The predicted molar refractivity (Wildman–Crippen MR) is 84.6 cm³/mol. The highest BCUT2D eigenvalue weighted by Gasteiger charge is 2.03. The Bertz CT molecular complexity index is 325. The van der Waals surface area contributed by atoms with Crippen molar-refractivity contribution in [2.75, 3.05) is 6.26 Å². The van der Waals surface area contributed by atoms with E-state index in [2.05, 4.69) is 21.1 Å². The van der Waals surface area contributed by atoms with Crippen molar-refractivity contribution in [3.05, 3.63) is 23.9 Å². The molecule has 1 heterocycles. The number of hydrogen-bond acceptors (Lipinski definition) is 2. The topological polar surface area (TPSA) is 17.3 Å². The molecule has 0 aliphatic rings. The molecule has 3 heteroatoms. The van der Waals surface area contributed by atoms with Gasteiger partial charge in [-0.1, -0.05) is 39.8 Å². The highest BCUT2D eigenvalue weighted by atomic mass is 32.2. The van der Waals surface area contributed by atoms with Gasteiger partial charge < -0.3 is 0 Å². The van der Waals surface area contributed by atoms with E-state index in [0.717, 1.165) is 11.4 Å². The maximum absolute atomic E-state index is 4.32. The predicted octanol–water partition coefficient (Wildman–Crippen LogP) is 5.42. The maximum Gasteiger partial charge on any atom is 0.149 e. The first-order chi connectivity index (χ1) is 8.33. The SMILES string of the molecule is C/C=C\c1ccn(SC)c1/N=C\C.CC.CC. The first-order valence-corrected chi connectivity index (χ1v) is 7.38. The van der Waals surface area contributed by atoms with Crippen LogP contribution in [0.2, 0.25) is 0 Å². The fourth-order valence-electron chi connectivity index (χ4n) is 1.13. The summed E-state index contributed by atoms with van der Waals surface area (Å²) in [6.45, 7) is 11.9. The summed E-state index contributed by atoms with van der Waals surface area (Å²) in [5, 5.41) is 0. The zero-order chi connectivity index (χ0) is 13.7. The van der Waals surface area contributed by atoms with Crippen molar-refractivity contribution in [3.8, 4) is 0 Å². The average Bonchev–Trinajstić information content (AvgIpc) is 2.78. The molecule has 0 spiro atoms. The standard InChI is InChI=1S/C10H14N2S.2C2H6/c1-4-6-9-7-8-12(13-3)10(9)11-5-2;2*1-2/h4-8H,1-3H3;2*1-2H3/b6-4-,11-5-;;. The van der Waals surface area contributed by atoms with Gasteiger partial charge in [-0.05, 0) is 31.9 Å². The number of nitrogens with zero attached hydrogens (tertiary/aromatic N) is 2. The molecule has 0 saturated carbocycles. The molecule has 0 aromatic carbocycles. The van der Waals surface area contributed by atoms with Crippen molar-refractivity contribution in [1.29, 1.82) is 0 Å². The molecule has 17 heavy (non-hydrogen) atoms. The molecular formula is C14H26N2S. The van der Waals surface area contributed by atoms with E-state index < -0.39 is 0 Å². The first-order valence-electron chi connectivity index (χ1n) is 6.20. The van der Waals surface area contributed by atoms with E-state index in [0.29, 0.717) is 0 Å². The summed E-state index contributed by atoms with van der Waals surface area (Å²) in [6.07, 6.45) is 9.97. The van der Waals surface area contributed by atoms with Gasteiger partial charge in [0.2, 0.25) is 0 Å². The summed E-state index contributed by atoms with van der Waals surface area (Å²) < 4.78 is 2.05. The first kappa shape index (κ1) is 18.4. The molecule has 0 aliphatic carbocycles. The van der Waals surface area contributed by atoms with Gasteiger partial charge in [-0.3, -0.25) is 3.97 Å². The number of allylic oxidation sites excluding steroid dienone is 1. The minimum absolute atomic E-state index is 1.01. The van der Waals surface area contributed by atoms with E-state index in [4.69, 9.17) is 0 Å². The van der Waals surface area contributed by atoms with Gasteiger partial charge in [-0.15, -0.1) is 0 Å². The Kier molecular flexibility index (Phi) is 14.2. The number of aromatic nitrogens is 1. The van der Waals surface area contributed by atoms with Crippen molar-refractivity contribution in [3.63, 3.8) is 0 Å². The van der Waals surface area contributed by atoms with Gasteiger partial charge in [-0.25, -0.2) is 4.99 Å². The number of hydrogen-bond donors (Lipinski definition) is 0. The van der Waals surface area contributed by atoms with Crippen molar-refractivity contribution in [1.82, 2.24) is 3.97 Å². The minimum Gasteiger partial charge on any atom is -0.275 e. The van der Waals surface area contributed by atoms with Crippen LogP contribution in [0.25, 0.3) is 6.08 Å². The molecule has 2 nitrogen and oxygen atoms in total. The van der Waals surface area contributed by atoms with Crippen LogP contribution in [0.15, 0.2) is 23.3 Å².